The van der Waals surface area contributed by atoms with Gasteiger partial charge in [0.05, 0.1) is 16.7 Å². The largest absolute Gasteiger partial charge is 0.378 e. The lowest BCUT2D eigenvalue weighted by Crippen LogP contribution is -2.10. The van der Waals surface area contributed by atoms with Crippen molar-refractivity contribution in [2.45, 2.75) is 13.0 Å². The van der Waals surface area contributed by atoms with E-state index in [0.717, 1.165) is 5.69 Å². The maximum Gasteiger partial charge on any atom is 0.311 e. The molecule has 0 aliphatic rings. The monoisotopic (exact) mass is 259 g/mol. The fraction of sp³-hybridized carbons (Fsp3) is 0.167. The van der Waals surface area contributed by atoms with E-state index in [1.165, 1.54) is 12.1 Å². The van der Waals surface area contributed by atoms with Crippen molar-refractivity contribution < 1.29 is 4.92 Å². The summed E-state index contributed by atoms with van der Waals surface area (Å²) in [7, 11) is 0. The summed E-state index contributed by atoms with van der Waals surface area (Å²) in [4.78, 5) is 18.2. The highest BCUT2D eigenvalue weighted by atomic mass is 16.6. The Morgan fingerprint density at radius 2 is 2.16 bits per heavy atom. The Labute approximate surface area is 109 Å². The highest BCUT2D eigenvalue weighted by molar-refractivity contribution is 5.57. The molecule has 98 valence electrons. The number of rotatable bonds is 4. The second kappa shape index (κ2) is 5.30. The third kappa shape index (κ3) is 2.95. The Hall–Kier alpha value is -2.70. The molecular formula is C12H13N5O2. The van der Waals surface area contributed by atoms with Crippen LogP contribution in [0.15, 0.2) is 36.5 Å². The molecule has 2 heterocycles. The van der Waals surface area contributed by atoms with Crippen LogP contribution in [0.4, 0.5) is 17.3 Å². The normalized spacial score (nSPS) is 11.8. The zero-order chi connectivity index (χ0) is 13.8. The van der Waals surface area contributed by atoms with Crippen LogP contribution in [0.2, 0.25) is 0 Å². The Morgan fingerprint density at radius 1 is 1.37 bits per heavy atom. The van der Waals surface area contributed by atoms with Crippen molar-refractivity contribution in [1.29, 1.82) is 0 Å². The molecule has 0 fully saturated rings. The first-order chi connectivity index (χ1) is 9.08. The number of hydrogen-bond acceptors (Lipinski definition) is 6. The molecule has 0 saturated carbocycles. The van der Waals surface area contributed by atoms with Gasteiger partial charge in [-0.2, -0.15) is 0 Å². The first-order valence-corrected chi connectivity index (χ1v) is 5.66. The second-order valence-electron chi connectivity index (χ2n) is 3.98. The van der Waals surface area contributed by atoms with Gasteiger partial charge in [-0.15, -0.1) is 0 Å². The Bertz CT molecular complexity index is 588. The van der Waals surface area contributed by atoms with Crippen molar-refractivity contribution in [2.24, 2.45) is 0 Å². The molecule has 19 heavy (non-hydrogen) atoms. The van der Waals surface area contributed by atoms with Gasteiger partial charge in [-0.3, -0.25) is 15.1 Å². The molecule has 2 aromatic heterocycles. The summed E-state index contributed by atoms with van der Waals surface area (Å²) in [6, 6.07) is 8.38. The summed E-state index contributed by atoms with van der Waals surface area (Å²) in [5, 5.41) is 13.7. The zero-order valence-corrected chi connectivity index (χ0v) is 10.3. The molecule has 2 aromatic rings. The topological polar surface area (TPSA) is 107 Å². The van der Waals surface area contributed by atoms with Gasteiger partial charge < -0.3 is 11.1 Å². The molecule has 0 aliphatic heterocycles. The molecule has 0 aromatic carbocycles. The minimum atomic E-state index is -0.561. The zero-order valence-electron chi connectivity index (χ0n) is 10.3. The van der Waals surface area contributed by atoms with Crippen molar-refractivity contribution >= 4 is 17.3 Å². The Balaban J connectivity index is 2.16. The molecule has 0 radical (unpaired) electrons. The first-order valence-electron chi connectivity index (χ1n) is 5.66. The lowest BCUT2D eigenvalue weighted by molar-refractivity contribution is -0.384. The highest BCUT2D eigenvalue weighted by Crippen LogP contribution is 2.23. The van der Waals surface area contributed by atoms with Gasteiger partial charge in [-0.1, -0.05) is 6.07 Å². The third-order valence-electron chi connectivity index (χ3n) is 2.59. The number of aromatic nitrogens is 2. The smallest absolute Gasteiger partial charge is 0.311 e. The van der Waals surface area contributed by atoms with Gasteiger partial charge in [0.15, 0.2) is 0 Å². The van der Waals surface area contributed by atoms with Crippen LogP contribution in [0.1, 0.15) is 18.7 Å². The molecule has 0 bridgehead atoms. The minimum Gasteiger partial charge on any atom is -0.378 e. The SMILES string of the molecule is CC(Nc1ccc([N+](=O)[O-])c(N)n1)c1ccccn1. The minimum absolute atomic E-state index is 0.0745. The number of nitro groups is 1. The molecule has 2 rings (SSSR count). The van der Waals surface area contributed by atoms with Gasteiger partial charge in [0, 0.05) is 12.3 Å². The highest BCUT2D eigenvalue weighted by Gasteiger charge is 2.14. The van der Waals surface area contributed by atoms with E-state index in [2.05, 4.69) is 15.3 Å². The van der Waals surface area contributed by atoms with Crippen molar-refractivity contribution in [3.05, 3.63) is 52.3 Å². The van der Waals surface area contributed by atoms with Gasteiger partial charge in [0.1, 0.15) is 5.82 Å². The fourth-order valence-corrected chi connectivity index (χ4v) is 1.63. The van der Waals surface area contributed by atoms with Crippen LogP contribution in [0.5, 0.6) is 0 Å². The van der Waals surface area contributed by atoms with E-state index in [0.29, 0.717) is 5.82 Å². The van der Waals surface area contributed by atoms with Gasteiger partial charge >= 0.3 is 5.69 Å². The van der Waals surface area contributed by atoms with E-state index in [-0.39, 0.29) is 17.5 Å². The lowest BCUT2D eigenvalue weighted by Gasteiger charge is -2.13. The van der Waals surface area contributed by atoms with Crippen LogP contribution >= 0.6 is 0 Å². The van der Waals surface area contributed by atoms with E-state index in [1.807, 2.05) is 25.1 Å². The quantitative estimate of drug-likeness (QED) is 0.643. The number of nitrogen functional groups attached to an aromatic ring is 1. The molecule has 1 atom stereocenters. The summed E-state index contributed by atoms with van der Waals surface area (Å²) < 4.78 is 0. The van der Waals surface area contributed by atoms with Crippen LogP contribution in [0.3, 0.4) is 0 Å². The van der Waals surface area contributed by atoms with Crippen LogP contribution in [-0.4, -0.2) is 14.9 Å². The average molecular weight is 259 g/mol. The molecule has 0 saturated heterocycles. The Morgan fingerprint density at radius 3 is 2.74 bits per heavy atom. The lowest BCUT2D eigenvalue weighted by atomic mass is 10.2. The molecule has 1 unspecified atom stereocenters. The van der Waals surface area contributed by atoms with Gasteiger partial charge in [-0.05, 0) is 25.1 Å². The summed E-state index contributed by atoms with van der Waals surface area (Å²) in [6.07, 6.45) is 1.70. The molecule has 0 spiro atoms. The second-order valence-corrected chi connectivity index (χ2v) is 3.98. The number of anilines is 2. The molecule has 0 amide bonds. The van der Waals surface area contributed by atoms with E-state index < -0.39 is 4.92 Å². The molecular weight excluding hydrogens is 246 g/mol. The summed E-state index contributed by atoms with van der Waals surface area (Å²) >= 11 is 0. The van der Waals surface area contributed by atoms with Gasteiger partial charge in [0.25, 0.3) is 0 Å². The Kier molecular flexibility index (Phi) is 3.56. The molecule has 7 heteroatoms. The number of nitrogens with two attached hydrogens (primary N) is 1. The van der Waals surface area contributed by atoms with E-state index in [9.17, 15) is 10.1 Å². The van der Waals surface area contributed by atoms with Crippen LogP contribution in [0, 0.1) is 10.1 Å². The molecule has 3 N–H and O–H groups in total. The number of hydrogen-bond donors (Lipinski definition) is 2. The summed E-state index contributed by atoms with van der Waals surface area (Å²) in [5.74, 6) is 0.365. The standard InChI is InChI=1S/C12H13N5O2/c1-8(9-4-2-3-7-14-9)15-11-6-5-10(17(18)19)12(13)16-11/h2-8H,1H3,(H3,13,15,16). The predicted molar refractivity (Wildman–Crippen MR) is 71.6 cm³/mol. The van der Waals surface area contributed by atoms with Crippen molar-refractivity contribution in [3.63, 3.8) is 0 Å². The van der Waals surface area contributed by atoms with E-state index in [4.69, 9.17) is 5.73 Å². The van der Waals surface area contributed by atoms with E-state index in [1.54, 1.807) is 6.20 Å². The third-order valence-corrected chi connectivity index (χ3v) is 2.59. The maximum atomic E-state index is 10.6. The van der Waals surface area contributed by atoms with Gasteiger partial charge in [-0.25, -0.2) is 4.98 Å². The number of nitrogens with zero attached hydrogens (tertiary/aromatic N) is 3. The number of pyridine rings is 2. The van der Waals surface area contributed by atoms with Gasteiger partial charge in [0.2, 0.25) is 5.82 Å². The van der Waals surface area contributed by atoms with Crippen LogP contribution < -0.4 is 11.1 Å². The average Bonchev–Trinajstić information content (AvgIpc) is 2.39. The summed E-state index contributed by atoms with van der Waals surface area (Å²) in [5.41, 5.74) is 6.18. The first kappa shape index (κ1) is 12.7. The number of nitrogens with one attached hydrogen (secondary N) is 1. The van der Waals surface area contributed by atoms with Crippen molar-refractivity contribution in [2.75, 3.05) is 11.1 Å². The fourth-order valence-electron chi connectivity index (χ4n) is 1.63. The van der Waals surface area contributed by atoms with Crippen LogP contribution in [-0.2, 0) is 0 Å². The van der Waals surface area contributed by atoms with E-state index >= 15 is 0 Å². The van der Waals surface area contributed by atoms with Crippen LogP contribution in [0.25, 0.3) is 0 Å². The molecule has 0 aliphatic carbocycles. The predicted octanol–water partition coefficient (Wildman–Crippen LogP) is 2.14. The summed E-state index contributed by atoms with van der Waals surface area (Å²) in [6.45, 7) is 1.92. The van der Waals surface area contributed by atoms with Crippen molar-refractivity contribution in [3.8, 4) is 0 Å². The maximum absolute atomic E-state index is 10.6. The van der Waals surface area contributed by atoms with Crippen molar-refractivity contribution in [1.82, 2.24) is 9.97 Å². The molecule has 7 nitrogen and oxygen atoms in total.